The highest BCUT2D eigenvalue weighted by molar-refractivity contribution is 5.85. The molecule has 1 fully saturated rings. The smallest absolute Gasteiger partial charge is 0.127 e. The lowest BCUT2D eigenvalue weighted by Gasteiger charge is -2.23. The summed E-state index contributed by atoms with van der Waals surface area (Å²) in [5.74, 6) is 1.46. The average Bonchev–Trinajstić information content (AvgIpc) is 2.38. The molecule has 2 rings (SSSR count). The summed E-state index contributed by atoms with van der Waals surface area (Å²) in [4.78, 5) is 4.19. The maximum atomic E-state index is 8.76. The van der Waals surface area contributed by atoms with E-state index < -0.39 is 0 Å². The predicted molar refractivity (Wildman–Crippen MR) is 70.3 cm³/mol. The van der Waals surface area contributed by atoms with E-state index in [1.807, 2.05) is 0 Å². The van der Waals surface area contributed by atoms with Gasteiger partial charge >= 0.3 is 0 Å². The normalized spacial score (nSPS) is 18.9. The molecule has 2 N–H and O–H groups in total. The van der Waals surface area contributed by atoms with Crippen molar-refractivity contribution in [3.8, 4) is 6.07 Å². The molecule has 4 nitrogen and oxygen atoms in total. The van der Waals surface area contributed by atoms with Crippen molar-refractivity contribution in [2.45, 2.75) is 12.8 Å². The Bertz CT molecular complexity index is 382. The van der Waals surface area contributed by atoms with Crippen LogP contribution in [-0.4, -0.2) is 24.6 Å². The molecule has 1 aromatic heterocycles. The lowest BCUT2D eigenvalue weighted by atomic mass is 10.00. The largest absolute Gasteiger partial charge is 0.370 e. The quantitative estimate of drug-likeness (QED) is 0.861. The van der Waals surface area contributed by atoms with E-state index in [-0.39, 0.29) is 12.4 Å². The van der Waals surface area contributed by atoms with Crippen LogP contribution >= 0.6 is 12.4 Å². The van der Waals surface area contributed by atoms with Crippen LogP contribution in [0.2, 0.25) is 0 Å². The van der Waals surface area contributed by atoms with E-state index in [4.69, 9.17) is 5.26 Å². The minimum absolute atomic E-state index is 0. The number of nitrogens with one attached hydrogen (secondary N) is 2. The minimum atomic E-state index is 0. The summed E-state index contributed by atoms with van der Waals surface area (Å²) in [6.07, 6.45) is 4.18. The molecule has 1 saturated heterocycles. The molecule has 0 saturated carbocycles. The van der Waals surface area contributed by atoms with E-state index in [1.54, 1.807) is 18.3 Å². The molecule has 0 aliphatic carbocycles. The maximum absolute atomic E-state index is 8.76. The number of aromatic nitrogens is 1. The molecule has 1 aliphatic rings. The Morgan fingerprint density at radius 3 is 3.18 bits per heavy atom. The number of pyridine rings is 1. The first-order valence-corrected chi connectivity index (χ1v) is 5.69. The predicted octanol–water partition coefficient (Wildman–Crippen LogP) is 1.79. The Hall–Kier alpha value is -1.31. The molecular weight excluding hydrogens is 236 g/mol. The maximum Gasteiger partial charge on any atom is 0.127 e. The standard InChI is InChI=1S/C12H16N4.ClH/c13-7-10-3-5-15-12(6-10)16-9-11-2-1-4-14-8-11;/h3,5-6,11,14H,1-2,4,8-9H2,(H,15,16);1H. The number of halogens is 1. The zero-order chi connectivity index (χ0) is 11.2. The molecule has 2 heterocycles. The van der Waals surface area contributed by atoms with Gasteiger partial charge < -0.3 is 10.6 Å². The van der Waals surface area contributed by atoms with E-state index in [9.17, 15) is 0 Å². The second kappa shape index (κ2) is 7.10. The number of rotatable bonds is 3. The van der Waals surface area contributed by atoms with Crippen LogP contribution < -0.4 is 10.6 Å². The van der Waals surface area contributed by atoms with Gasteiger partial charge in [-0.05, 0) is 44.0 Å². The number of anilines is 1. The Kier molecular flexibility index (Phi) is 5.75. The molecule has 5 heteroatoms. The molecule has 0 amide bonds. The van der Waals surface area contributed by atoms with E-state index in [2.05, 4.69) is 21.7 Å². The molecule has 0 aromatic carbocycles. The molecule has 0 radical (unpaired) electrons. The fraction of sp³-hybridized carbons (Fsp3) is 0.500. The minimum Gasteiger partial charge on any atom is -0.370 e. The third kappa shape index (κ3) is 4.22. The summed E-state index contributed by atoms with van der Waals surface area (Å²) in [5.41, 5.74) is 0.652. The fourth-order valence-corrected chi connectivity index (χ4v) is 1.94. The van der Waals surface area contributed by atoms with Crippen LogP contribution in [0.25, 0.3) is 0 Å². The van der Waals surface area contributed by atoms with Gasteiger partial charge in [0, 0.05) is 12.7 Å². The van der Waals surface area contributed by atoms with Gasteiger partial charge in [-0.1, -0.05) is 0 Å². The molecular formula is C12H17ClN4. The third-order valence-electron chi connectivity index (χ3n) is 2.86. The summed E-state index contributed by atoms with van der Waals surface area (Å²) in [6, 6.07) is 5.62. The van der Waals surface area contributed by atoms with E-state index in [0.717, 1.165) is 25.5 Å². The lowest BCUT2D eigenvalue weighted by Crippen LogP contribution is -2.33. The Labute approximate surface area is 108 Å². The fourth-order valence-electron chi connectivity index (χ4n) is 1.94. The first kappa shape index (κ1) is 13.8. The van der Waals surface area contributed by atoms with Crippen molar-refractivity contribution in [1.82, 2.24) is 10.3 Å². The van der Waals surface area contributed by atoms with Gasteiger partial charge in [-0.15, -0.1) is 12.4 Å². The Morgan fingerprint density at radius 2 is 2.47 bits per heavy atom. The van der Waals surface area contributed by atoms with Crippen molar-refractivity contribution in [1.29, 1.82) is 5.26 Å². The van der Waals surface area contributed by atoms with Gasteiger partial charge in [-0.25, -0.2) is 4.98 Å². The van der Waals surface area contributed by atoms with Crippen LogP contribution in [0, 0.1) is 17.2 Å². The summed E-state index contributed by atoms with van der Waals surface area (Å²) in [5, 5.41) is 15.4. The van der Waals surface area contributed by atoms with Crippen LogP contribution in [-0.2, 0) is 0 Å². The molecule has 1 aromatic rings. The van der Waals surface area contributed by atoms with Gasteiger partial charge in [0.1, 0.15) is 5.82 Å². The first-order valence-electron chi connectivity index (χ1n) is 5.69. The van der Waals surface area contributed by atoms with Crippen molar-refractivity contribution in [2.24, 2.45) is 5.92 Å². The molecule has 17 heavy (non-hydrogen) atoms. The molecule has 0 bridgehead atoms. The summed E-state index contributed by atoms with van der Waals surface area (Å²) < 4.78 is 0. The lowest BCUT2D eigenvalue weighted by molar-refractivity contribution is 0.392. The second-order valence-corrected chi connectivity index (χ2v) is 4.13. The van der Waals surface area contributed by atoms with Gasteiger partial charge in [-0.3, -0.25) is 0 Å². The zero-order valence-electron chi connectivity index (χ0n) is 9.65. The van der Waals surface area contributed by atoms with Crippen molar-refractivity contribution >= 4 is 18.2 Å². The van der Waals surface area contributed by atoms with E-state index in [0.29, 0.717) is 11.5 Å². The number of hydrogen-bond donors (Lipinski definition) is 2. The van der Waals surface area contributed by atoms with Crippen LogP contribution in [0.5, 0.6) is 0 Å². The molecule has 1 atom stereocenters. The Morgan fingerprint density at radius 1 is 1.59 bits per heavy atom. The van der Waals surface area contributed by atoms with Gasteiger partial charge in [0.05, 0.1) is 11.6 Å². The summed E-state index contributed by atoms with van der Waals surface area (Å²) in [6.45, 7) is 3.14. The van der Waals surface area contributed by atoms with Crippen molar-refractivity contribution in [3.05, 3.63) is 23.9 Å². The van der Waals surface area contributed by atoms with Gasteiger partial charge in [0.25, 0.3) is 0 Å². The highest BCUT2D eigenvalue weighted by atomic mass is 35.5. The number of nitriles is 1. The SMILES string of the molecule is Cl.N#Cc1ccnc(NCC2CCCNC2)c1. The number of nitrogens with zero attached hydrogens (tertiary/aromatic N) is 2. The summed E-state index contributed by atoms with van der Waals surface area (Å²) in [7, 11) is 0. The summed E-state index contributed by atoms with van der Waals surface area (Å²) >= 11 is 0. The third-order valence-corrected chi connectivity index (χ3v) is 2.86. The van der Waals surface area contributed by atoms with Crippen molar-refractivity contribution in [3.63, 3.8) is 0 Å². The van der Waals surface area contributed by atoms with E-state index in [1.165, 1.54) is 12.8 Å². The highest BCUT2D eigenvalue weighted by Crippen LogP contribution is 2.12. The van der Waals surface area contributed by atoms with Crippen LogP contribution in [0.3, 0.4) is 0 Å². The van der Waals surface area contributed by atoms with Crippen LogP contribution in [0.4, 0.5) is 5.82 Å². The molecule has 1 unspecified atom stereocenters. The zero-order valence-corrected chi connectivity index (χ0v) is 10.5. The molecule has 92 valence electrons. The average molecular weight is 253 g/mol. The van der Waals surface area contributed by atoms with Gasteiger partial charge in [0.15, 0.2) is 0 Å². The molecule has 0 spiro atoms. The number of hydrogen-bond acceptors (Lipinski definition) is 4. The monoisotopic (exact) mass is 252 g/mol. The van der Waals surface area contributed by atoms with E-state index >= 15 is 0 Å². The van der Waals surface area contributed by atoms with Crippen molar-refractivity contribution in [2.75, 3.05) is 25.0 Å². The van der Waals surface area contributed by atoms with Gasteiger partial charge in [-0.2, -0.15) is 5.26 Å². The van der Waals surface area contributed by atoms with Gasteiger partial charge in [0.2, 0.25) is 0 Å². The highest BCUT2D eigenvalue weighted by Gasteiger charge is 2.12. The number of piperidine rings is 1. The topological polar surface area (TPSA) is 60.7 Å². The van der Waals surface area contributed by atoms with Crippen LogP contribution in [0.15, 0.2) is 18.3 Å². The first-order chi connectivity index (χ1) is 7.88. The van der Waals surface area contributed by atoms with Crippen molar-refractivity contribution < 1.29 is 0 Å². The van der Waals surface area contributed by atoms with Crippen LogP contribution in [0.1, 0.15) is 18.4 Å². The second-order valence-electron chi connectivity index (χ2n) is 4.13. The Balaban J connectivity index is 0.00000144. The molecule has 1 aliphatic heterocycles.